The van der Waals surface area contributed by atoms with Crippen molar-refractivity contribution in [3.05, 3.63) is 53.5 Å². The fraction of sp³-hybridized carbons (Fsp3) is 0.435. The van der Waals surface area contributed by atoms with Crippen LogP contribution in [0, 0.1) is 6.92 Å². The molecule has 0 spiro atoms. The number of hydrogen-bond acceptors (Lipinski definition) is 5. The van der Waals surface area contributed by atoms with Gasteiger partial charge in [0.1, 0.15) is 5.82 Å². The maximum atomic E-state index is 5.46. The van der Waals surface area contributed by atoms with Gasteiger partial charge in [-0.25, -0.2) is 0 Å². The summed E-state index contributed by atoms with van der Waals surface area (Å²) in [4.78, 5) is 6.94. The van der Waals surface area contributed by atoms with Gasteiger partial charge < -0.3 is 19.7 Å². The number of aryl methyl sites for hydroxylation is 2. The van der Waals surface area contributed by atoms with Gasteiger partial charge in [0.2, 0.25) is 0 Å². The van der Waals surface area contributed by atoms with E-state index >= 15 is 0 Å². The van der Waals surface area contributed by atoms with E-state index in [0.29, 0.717) is 13.1 Å². The lowest BCUT2D eigenvalue weighted by Crippen LogP contribution is -2.38. The van der Waals surface area contributed by atoms with Gasteiger partial charge in [-0.3, -0.25) is 9.39 Å². The average molecular weight is 425 g/mol. The second-order valence-electron chi connectivity index (χ2n) is 7.37. The van der Waals surface area contributed by atoms with Gasteiger partial charge in [-0.1, -0.05) is 6.07 Å². The highest BCUT2D eigenvalue weighted by Crippen LogP contribution is 2.30. The minimum atomic E-state index is 0.708. The van der Waals surface area contributed by atoms with Crippen LogP contribution >= 0.6 is 0 Å². The Bertz CT molecular complexity index is 1030. The van der Waals surface area contributed by atoms with Crippen molar-refractivity contribution in [3.63, 3.8) is 0 Å². The summed E-state index contributed by atoms with van der Waals surface area (Å²) < 4.78 is 12.9. The van der Waals surface area contributed by atoms with E-state index in [1.54, 1.807) is 14.2 Å². The molecule has 0 atom stereocenters. The Morgan fingerprint density at radius 3 is 2.68 bits per heavy atom. The number of benzene rings is 1. The first-order chi connectivity index (χ1) is 15.1. The second-order valence-corrected chi connectivity index (χ2v) is 7.37. The van der Waals surface area contributed by atoms with Crippen LogP contribution < -0.4 is 14.8 Å². The fourth-order valence-corrected chi connectivity index (χ4v) is 3.48. The summed E-state index contributed by atoms with van der Waals surface area (Å²) >= 11 is 0. The summed E-state index contributed by atoms with van der Waals surface area (Å²) in [5.74, 6) is 3.32. The van der Waals surface area contributed by atoms with Crippen molar-refractivity contribution in [2.24, 2.45) is 4.99 Å². The summed E-state index contributed by atoms with van der Waals surface area (Å²) in [5.41, 5.74) is 3.19. The number of ether oxygens (including phenoxy) is 2. The Morgan fingerprint density at radius 1 is 1.16 bits per heavy atom. The van der Waals surface area contributed by atoms with Gasteiger partial charge in [-0.2, -0.15) is 0 Å². The van der Waals surface area contributed by atoms with Crippen LogP contribution in [0.15, 0.2) is 41.5 Å². The van der Waals surface area contributed by atoms with E-state index in [0.717, 1.165) is 53.9 Å². The van der Waals surface area contributed by atoms with E-state index in [1.807, 2.05) is 48.0 Å². The molecule has 0 unspecified atom stereocenters. The molecule has 0 amide bonds. The average Bonchev–Trinajstić information content (AvgIpc) is 3.20. The van der Waals surface area contributed by atoms with E-state index in [1.165, 1.54) is 5.56 Å². The van der Waals surface area contributed by atoms with Crippen LogP contribution in [0.3, 0.4) is 0 Å². The summed E-state index contributed by atoms with van der Waals surface area (Å²) in [6, 6.07) is 9.96. The standard InChI is InChI=1S/C23H32N6O2/c1-6-24-23(25-12-9-11-22-27-26-21-10-7-8-13-29(21)22)28(3)16-18-15-20(31-5)19(30-4)14-17(18)2/h7-8,10,13-15H,6,9,11-12,16H2,1-5H3,(H,24,25). The maximum Gasteiger partial charge on any atom is 0.193 e. The van der Waals surface area contributed by atoms with Gasteiger partial charge >= 0.3 is 0 Å². The molecular weight excluding hydrogens is 392 g/mol. The van der Waals surface area contributed by atoms with Gasteiger partial charge in [-0.15, -0.1) is 10.2 Å². The lowest BCUT2D eigenvalue weighted by Gasteiger charge is -2.23. The Hall–Kier alpha value is -3.29. The molecule has 0 bridgehead atoms. The molecule has 0 saturated carbocycles. The molecule has 0 radical (unpaired) electrons. The highest BCUT2D eigenvalue weighted by molar-refractivity contribution is 5.79. The van der Waals surface area contributed by atoms with E-state index in [2.05, 4.69) is 34.3 Å². The van der Waals surface area contributed by atoms with Gasteiger partial charge in [0.05, 0.1) is 14.2 Å². The summed E-state index contributed by atoms with van der Waals surface area (Å²) in [6.45, 7) is 6.39. The third-order valence-electron chi connectivity index (χ3n) is 5.15. The van der Waals surface area contributed by atoms with Crippen molar-refractivity contribution >= 4 is 11.6 Å². The molecule has 3 aromatic rings. The zero-order valence-electron chi connectivity index (χ0n) is 19.1. The van der Waals surface area contributed by atoms with Gasteiger partial charge in [0.15, 0.2) is 23.1 Å². The first-order valence-corrected chi connectivity index (χ1v) is 10.6. The van der Waals surface area contributed by atoms with Crippen molar-refractivity contribution in [2.75, 3.05) is 34.4 Å². The number of guanidine groups is 1. The van der Waals surface area contributed by atoms with Crippen molar-refractivity contribution in [1.29, 1.82) is 0 Å². The SMILES string of the molecule is CCNC(=NCCCc1nnc2ccccn12)N(C)Cc1cc(OC)c(OC)cc1C. The Labute approximate surface area is 183 Å². The number of fused-ring (bicyclic) bond motifs is 1. The molecule has 2 aromatic heterocycles. The fourth-order valence-electron chi connectivity index (χ4n) is 3.48. The molecule has 0 saturated heterocycles. The molecule has 2 heterocycles. The number of aliphatic imine (C=N–C) groups is 1. The lowest BCUT2D eigenvalue weighted by atomic mass is 10.1. The summed E-state index contributed by atoms with van der Waals surface area (Å²) in [7, 11) is 5.36. The second kappa shape index (κ2) is 10.7. The molecule has 0 aliphatic rings. The van der Waals surface area contributed by atoms with Gasteiger partial charge in [0.25, 0.3) is 0 Å². The minimum absolute atomic E-state index is 0.708. The molecule has 0 aliphatic carbocycles. The molecular formula is C23H32N6O2. The van der Waals surface area contributed by atoms with E-state index < -0.39 is 0 Å². The monoisotopic (exact) mass is 424 g/mol. The van der Waals surface area contributed by atoms with E-state index in [4.69, 9.17) is 14.5 Å². The number of methoxy groups -OCH3 is 2. The third kappa shape index (κ3) is 5.45. The van der Waals surface area contributed by atoms with Gasteiger partial charge in [-0.05, 0) is 55.7 Å². The molecule has 1 N–H and O–H groups in total. The minimum Gasteiger partial charge on any atom is -0.493 e. The number of nitrogens with zero attached hydrogens (tertiary/aromatic N) is 5. The van der Waals surface area contributed by atoms with Crippen molar-refractivity contribution in [2.45, 2.75) is 33.2 Å². The Balaban J connectivity index is 1.64. The predicted octanol–water partition coefficient (Wildman–Crippen LogP) is 3.09. The number of nitrogens with one attached hydrogen (secondary N) is 1. The van der Waals surface area contributed by atoms with Crippen LogP contribution in [-0.4, -0.2) is 59.8 Å². The first-order valence-electron chi connectivity index (χ1n) is 10.6. The van der Waals surface area contributed by atoms with Crippen molar-refractivity contribution in [3.8, 4) is 11.5 Å². The molecule has 8 nitrogen and oxygen atoms in total. The quantitative estimate of drug-likeness (QED) is 0.323. The van der Waals surface area contributed by atoms with Crippen LogP contribution in [0.25, 0.3) is 5.65 Å². The number of rotatable bonds is 9. The van der Waals surface area contributed by atoms with Crippen LogP contribution in [0.4, 0.5) is 0 Å². The first kappa shape index (κ1) is 22.4. The molecule has 31 heavy (non-hydrogen) atoms. The number of aromatic nitrogens is 3. The highest BCUT2D eigenvalue weighted by Gasteiger charge is 2.13. The molecule has 0 fully saturated rings. The topological polar surface area (TPSA) is 76.3 Å². The molecule has 3 rings (SSSR count). The van der Waals surface area contributed by atoms with E-state index in [-0.39, 0.29) is 0 Å². The Morgan fingerprint density at radius 2 is 1.94 bits per heavy atom. The normalized spacial score (nSPS) is 11.6. The molecule has 1 aromatic carbocycles. The zero-order valence-corrected chi connectivity index (χ0v) is 19.1. The predicted molar refractivity (Wildman–Crippen MR) is 123 cm³/mol. The largest absolute Gasteiger partial charge is 0.493 e. The highest BCUT2D eigenvalue weighted by atomic mass is 16.5. The Kier molecular flexibility index (Phi) is 7.70. The van der Waals surface area contributed by atoms with Crippen molar-refractivity contribution in [1.82, 2.24) is 24.8 Å². The van der Waals surface area contributed by atoms with Crippen LogP contribution in [0.5, 0.6) is 11.5 Å². The maximum absolute atomic E-state index is 5.46. The third-order valence-corrected chi connectivity index (χ3v) is 5.15. The molecule has 0 aliphatic heterocycles. The smallest absolute Gasteiger partial charge is 0.193 e. The molecule has 166 valence electrons. The van der Waals surface area contributed by atoms with Crippen LogP contribution in [-0.2, 0) is 13.0 Å². The van der Waals surface area contributed by atoms with Gasteiger partial charge in [0, 0.05) is 39.3 Å². The van der Waals surface area contributed by atoms with Crippen LogP contribution in [0.2, 0.25) is 0 Å². The number of pyridine rings is 1. The lowest BCUT2D eigenvalue weighted by molar-refractivity contribution is 0.353. The number of hydrogen-bond donors (Lipinski definition) is 1. The zero-order chi connectivity index (χ0) is 22.2. The van der Waals surface area contributed by atoms with Crippen molar-refractivity contribution < 1.29 is 9.47 Å². The molecule has 8 heteroatoms. The van der Waals surface area contributed by atoms with Crippen LogP contribution in [0.1, 0.15) is 30.3 Å². The van der Waals surface area contributed by atoms with E-state index in [9.17, 15) is 0 Å². The summed E-state index contributed by atoms with van der Waals surface area (Å²) in [5, 5.41) is 11.9. The summed E-state index contributed by atoms with van der Waals surface area (Å²) in [6.07, 6.45) is 3.72.